The van der Waals surface area contributed by atoms with Gasteiger partial charge in [-0.3, -0.25) is 29.1 Å². The summed E-state index contributed by atoms with van der Waals surface area (Å²) in [4.78, 5) is 63.0. The van der Waals surface area contributed by atoms with Gasteiger partial charge in [-0.15, -0.1) is 0 Å². The van der Waals surface area contributed by atoms with Crippen LogP contribution in [-0.2, 0) is 35.2 Å². The highest BCUT2D eigenvalue weighted by Gasteiger charge is 2.73. The molecule has 0 spiro atoms. The van der Waals surface area contributed by atoms with E-state index < -0.39 is 34.4 Å². The molecule has 1 aromatic rings. The van der Waals surface area contributed by atoms with Gasteiger partial charge in [0.2, 0.25) is 0 Å². The molecule has 10 unspecified atom stereocenters. The molecular weight excluding hydrogens is 802 g/mol. The van der Waals surface area contributed by atoms with Crippen molar-refractivity contribution in [1.82, 2.24) is 9.80 Å². The Morgan fingerprint density at radius 2 is 1.69 bits per heavy atom. The molecule has 0 radical (unpaired) electrons. The van der Waals surface area contributed by atoms with Gasteiger partial charge in [-0.2, -0.15) is 0 Å². The predicted molar refractivity (Wildman–Crippen MR) is 245 cm³/mol. The normalized spacial score (nSPS) is 35.1. The summed E-state index contributed by atoms with van der Waals surface area (Å²) in [7, 11) is 4.14. The largest absolute Gasteiger partial charge is 0.481 e. The molecule has 0 aromatic heterocycles. The van der Waals surface area contributed by atoms with Gasteiger partial charge in [0.1, 0.15) is 12.2 Å². The second kappa shape index (κ2) is 17.7. The average molecular weight is 879 g/mol. The Labute approximate surface area is 377 Å². The fourth-order valence-corrected chi connectivity index (χ4v) is 14.4. The van der Waals surface area contributed by atoms with Crippen LogP contribution in [0.2, 0.25) is 5.02 Å². The first-order valence-electron chi connectivity index (χ1n) is 23.4. The van der Waals surface area contributed by atoms with Crippen LogP contribution in [0.5, 0.6) is 0 Å². The van der Waals surface area contributed by atoms with Gasteiger partial charge < -0.3 is 19.5 Å². The Bertz CT molecular complexity index is 1960. The molecule has 0 aliphatic heterocycles. The Balaban J connectivity index is 1.37. The van der Waals surface area contributed by atoms with Gasteiger partial charge >= 0.3 is 17.9 Å². The van der Waals surface area contributed by atoms with Crippen LogP contribution in [0.3, 0.4) is 0 Å². The van der Waals surface area contributed by atoms with E-state index in [2.05, 4.69) is 71.5 Å². The quantitative estimate of drug-likeness (QED) is 0.135. The van der Waals surface area contributed by atoms with E-state index >= 15 is 0 Å². The molecule has 10 atom stereocenters. The van der Waals surface area contributed by atoms with E-state index in [-0.39, 0.29) is 58.3 Å². The zero-order valence-corrected chi connectivity index (χ0v) is 40.6. The van der Waals surface area contributed by atoms with Crippen molar-refractivity contribution in [3.8, 4) is 0 Å². The van der Waals surface area contributed by atoms with E-state index in [9.17, 15) is 24.3 Å². The van der Waals surface area contributed by atoms with Gasteiger partial charge in [0.15, 0.2) is 5.78 Å². The third kappa shape index (κ3) is 8.25. The Morgan fingerprint density at radius 3 is 2.31 bits per heavy atom. The highest BCUT2D eigenvalue weighted by atomic mass is 35.5. The number of benzene rings is 1. The second-order valence-electron chi connectivity index (χ2n) is 22.0. The van der Waals surface area contributed by atoms with Crippen molar-refractivity contribution in [3.05, 3.63) is 46.0 Å². The molecule has 0 heterocycles. The summed E-state index contributed by atoms with van der Waals surface area (Å²) in [6.45, 7) is 23.4. The third-order valence-corrected chi connectivity index (χ3v) is 17.8. The van der Waals surface area contributed by atoms with Crippen LogP contribution in [0.1, 0.15) is 139 Å². The SMILES string of the molecule is CC=NC12CCC3(C)C(CCC4C5=C(C(C)C)C(=O)CC5(C(CN(CCN(C)C)Cc5cccc(Cl)c5)OC(C)=O)CCC43C)C1(C)CCC(OC(=O)CC(C)(C)C(=O)O)C2C. The molecule has 62 heavy (non-hydrogen) atoms. The van der Waals surface area contributed by atoms with E-state index in [0.717, 1.165) is 69.2 Å². The molecule has 344 valence electrons. The lowest BCUT2D eigenvalue weighted by Crippen LogP contribution is -2.70. The van der Waals surface area contributed by atoms with Crippen LogP contribution in [0.25, 0.3) is 0 Å². The number of ketones is 1. The van der Waals surface area contributed by atoms with Crippen LogP contribution in [0.15, 0.2) is 40.4 Å². The van der Waals surface area contributed by atoms with Crippen molar-refractivity contribution in [2.24, 2.45) is 55.7 Å². The van der Waals surface area contributed by atoms with E-state index in [4.69, 9.17) is 26.1 Å². The zero-order valence-electron chi connectivity index (χ0n) is 39.9. The molecule has 5 aliphatic carbocycles. The van der Waals surface area contributed by atoms with E-state index in [0.29, 0.717) is 36.9 Å². The number of likely N-dealkylation sites (N-methyl/N-ethyl adjacent to an activating group) is 1. The van der Waals surface area contributed by atoms with Crippen LogP contribution in [0, 0.1) is 50.7 Å². The minimum atomic E-state index is -1.21. The molecular formula is C51H76ClN3O7. The van der Waals surface area contributed by atoms with Gasteiger partial charge in [-0.25, -0.2) is 0 Å². The number of fused-ring (bicyclic) bond motifs is 7. The van der Waals surface area contributed by atoms with Gasteiger partial charge in [0.25, 0.3) is 0 Å². The number of esters is 2. The number of allylic oxidation sites excluding steroid dienone is 1. The van der Waals surface area contributed by atoms with Gasteiger partial charge in [-0.1, -0.05) is 65.3 Å². The molecule has 1 N–H and O–H groups in total. The van der Waals surface area contributed by atoms with Gasteiger partial charge in [0.05, 0.1) is 17.4 Å². The van der Waals surface area contributed by atoms with Crippen LogP contribution >= 0.6 is 11.6 Å². The molecule has 4 fully saturated rings. The molecule has 0 bridgehead atoms. The molecule has 11 heteroatoms. The van der Waals surface area contributed by atoms with Crippen LogP contribution in [0.4, 0.5) is 0 Å². The highest BCUT2D eigenvalue weighted by Crippen LogP contribution is 2.77. The number of rotatable bonds is 15. The minimum absolute atomic E-state index is 0.0388. The van der Waals surface area contributed by atoms with Gasteiger partial charge in [-0.05, 0) is 155 Å². The molecule has 0 saturated heterocycles. The fourth-order valence-electron chi connectivity index (χ4n) is 14.2. The number of hydrogen-bond acceptors (Lipinski definition) is 9. The third-order valence-electron chi connectivity index (χ3n) is 17.6. The van der Waals surface area contributed by atoms with Crippen molar-refractivity contribution in [2.45, 2.75) is 158 Å². The monoisotopic (exact) mass is 878 g/mol. The lowest BCUT2D eigenvalue weighted by molar-refractivity contribution is -0.225. The van der Waals surface area contributed by atoms with Crippen LogP contribution in [-0.4, -0.2) is 96.3 Å². The topological polar surface area (TPSA) is 126 Å². The summed E-state index contributed by atoms with van der Waals surface area (Å²) >= 11 is 6.47. The lowest BCUT2D eigenvalue weighted by atomic mass is 9.32. The number of nitrogens with zero attached hydrogens (tertiary/aromatic N) is 3. The maximum absolute atomic E-state index is 14.6. The highest BCUT2D eigenvalue weighted by molar-refractivity contribution is 6.30. The first-order chi connectivity index (χ1) is 28.9. The maximum atomic E-state index is 14.6. The van der Waals surface area contributed by atoms with Crippen molar-refractivity contribution in [1.29, 1.82) is 0 Å². The maximum Gasteiger partial charge on any atom is 0.309 e. The number of carbonyl (C=O) groups excluding carboxylic acids is 3. The van der Waals surface area contributed by atoms with Crippen molar-refractivity contribution in [3.63, 3.8) is 0 Å². The number of carboxylic acids is 1. The molecule has 0 amide bonds. The average Bonchev–Trinajstić information content (AvgIpc) is 3.49. The number of Topliss-reactive ketones (excluding diaryl/α,β-unsaturated/α-hetero) is 1. The van der Waals surface area contributed by atoms with Gasteiger partial charge in [0, 0.05) is 55.9 Å². The van der Waals surface area contributed by atoms with E-state index in [1.807, 2.05) is 31.3 Å². The number of halogens is 1. The number of hydrogen-bond donors (Lipinski definition) is 1. The van der Waals surface area contributed by atoms with Crippen LogP contribution < -0.4 is 0 Å². The summed E-state index contributed by atoms with van der Waals surface area (Å²) in [6, 6.07) is 7.96. The summed E-state index contributed by atoms with van der Waals surface area (Å²) in [5.74, 6) is -1.13. The zero-order chi connectivity index (χ0) is 45.8. The first-order valence-corrected chi connectivity index (χ1v) is 23.8. The Hall–Kier alpha value is -3.08. The Morgan fingerprint density at radius 1 is 1.00 bits per heavy atom. The smallest absolute Gasteiger partial charge is 0.309 e. The number of carboxylic acid groups (broad SMARTS) is 1. The standard InChI is InChI=1S/C51H76ClN3O7/c1-13-53-51-24-22-48(9)40(49(51,10)20-19-39(33(51)4)62-42(58)29-46(6,7)45(59)60)18-17-37-44-43(32(2)3)38(57)28-50(44,23-21-47(37,48)8)41(61-34(5)56)31-55(26-25-54(11)12)30-35-15-14-16-36(52)27-35/h13-16,27,32-33,37,39-41H,17-26,28-31H2,1-12H3,(H,59,60). The number of aliphatic imine (C=N–C) groups is 1. The summed E-state index contributed by atoms with van der Waals surface area (Å²) in [6.07, 6.45) is 8.25. The number of ether oxygens (including phenoxy) is 2. The number of aliphatic carboxylic acids is 1. The Kier molecular flexibility index (Phi) is 13.8. The first kappa shape index (κ1) is 48.4. The summed E-state index contributed by atoms with van der Waals surface area (Å²) in [5, 5.41) is 10.4. The second-order valence-corrected chi connectivity index (χ2v) is 22.4. The molecule has 10 nitrogen and oxygen atoms in total. The van der Waals surface area contributed by atoms with Crippen molar-refractivity contribution in [2.75, 3.05) is 33.7 Å². The molecule has 5 aliphatic rings. The summed E-state index contributed by atoms with van der Waals surface area (Å²) < 4.78 is 12.7. The number of carbonyl (C=O) groups is 4. The predicted octanol–water partition coefficient (Wildman–Crippen LogP) is 9.85. The molecule has 4 saturated carbocycles. The minimum Gasteiger partial charge on any atom is -0.481 e. The van der Waals surface area contributed by atoms with Crippen molar-refractivity contribution >= 4 is 41.5 Å². The summed E-state index contributed by atoms with van der Waals surface area (Å²) in [5.41, 5.74) is 0.662. The molecule has 1 aromatic carbocycles. The van der Waals surface area contributed by atoms with E-state index in [1.54, 1.807) is 13.8 Å². The van der Waals surface area contributed by atoms with Crippen molar-refractivity contribution < 1.29 is 33.8 Å². The molecule has 6 rings (SSSR count). The fraction of sp³-hybridized carbons (Fsp3) is 0.745. The lowest BCUT2D eigenvalue weighted by Gasteiger charge is -2.73. The van der Waals surface area contributed by atoms with E-state index in [1.165, 1.54) is 12.5 Å².